The van der Waals surface area contributed by atoms with E-state index in [0.29, 0.717) is 17.8 Å². The number of hydrogen-bond donors (Lipinski definition) is 1. The van der Waals surface area contributed by atoms with Gasteiger partial charge in [0.15, 0.2) is 0 Å². The lowest BCUT2D eigenvalue weighted by molar-refractivity contribution is -0.133. The minimum absolute atomic E-state index is 0.0500. The summed E-state index contributed by atoms with van der Waals surface area (Å²) in [5.74, 6) is 0.239. The van der Waals surface area contributed by atoms with E-state index in [9.17, 15) is 9.90 Å². The fourth-order valence-electron chi connectivity index (χ4n) is 3.66. The summed E-state index contributed by atoms with van der Waals surface area (Å²) >= 11 is 0. The Morgan fingerprint density at radius 1 is 1.21 bits per heavy atom. The molecule has 0 saturated carbocycles. The first-order valence-electron chi connectivity index (χ1n) is 8.91. The Balaban J connectivity index is 1.87. The normalized spacial score (nSPS) is 39.9. The van der Waals surface area contributed by atoms with Gasteiger partial charge in [-0.1, -0.05) is 11.6 Å². The van der Waals surface area contributed by atoms with Crippen molar-refractivity contribution in [3.8, 4) is 0 Å². The fraction of sp³-hybridized carbons (Fsp3) is 0.650. The number of carbonyl (C=O) groups is 1. The Kier molecular flexibility index (Phi) is 4.47. The zero-order valence-corrected chi connectivity index (χ0v) is 15.1. The van der Waals surface area contributed by atoms with Crippen LogP contribution in [0, 0.1) is 0 Å². The van der Waals surface area contributed by atoms with Crippen LogP contribution in [-0.4, -0.2) is 28.4 Å². The van der Waals surface area contributed by atoms with Crippen LogP contribution in [0.5, 0.6) is 0 Å². The summed E-state index contributed by atoms with van der Waals surface area (Å²) in [6, 6.07) is 0. The maximum absolute atomic E-state index is 11.9. The lowest BCUT2D eigenvalue weighted by atomic mass is 9.90. The van der Waals surface area contributed by atoms with E-state index in [0.717, 1.165) is 37.7 Å². The third-order valence-electron chi connectivity index (χ3n) is 5.55. The SMILES string of the molecule is CC1=C2CC/C(C)=C/CC[C@]3(C)O[C@H]3CC[C@@](C)(O)C=C2OC1=O. The van der Waals surface area contributed by atoms with Crippen molar-refractivity contribution in [3.63, 3.8) is 0 Å². The second-order valence-electron chi connectivity index (χ2n) is 7.91. The highest BCUT2D eigenvalue weighted by Gasteiger charge is 2.51. The molecule has 2 heterocycles. The van der Waals surface area contributed by atoms with Gasteiger partial charge in [-0.3, -0.25) is 0 Å². The third-order valence-corrected chi connectivity index (χ3v) is 5.55. The quantitative estimate of drug-likeness (QED) is 0.414. The van der Waals surface area contributed by atoms with Gasteiger partial charge in [0.1, 0.15) is 5.76 Å². The standard InChI is InChI=1S/C20H28O4/c1-13-6-5-10-20(4)17(24-20)9-11-19(3,22)12-16-15(8-7-13)14(2)18(21)23-16/h6,12,17,22H,5,7-11H2,1-4H3/b13-6+,16-12?/t17-,19+,20-/m0/s1. The predicted molar refractivity (Wildman–Crippen MR) is 92.2 cm³/mol. The smallest absolute Gasteiger partial charge is 0.339 e. The van der Waals surface area contributed by atoms with Gasteiger partial charge < -0.3 is 14.6 Å². The molecule has 3 aliphatic rings. The Morgan fingerprint density at radius 3 is 2.71 bits per heavy atom. The molecule has 2 aliphatic heterocycles. The van der Waals surface area contributed by atoms with Crippen molar-refractivity contribution in [1.29, 1.82) is 0 Å². The molecule has 24 heavy (non-hydrogen) atoms. The van der Waals surface area contributed by atoms with Crippen LogP contribution in [0.25, 0.3) is 0 Å². The maximum atomic E-state index is 11.9. The number of fused-ring (bicyclic) bond motifs is 2. The molecular weight excluding hydrogens is 304 g/mol. The molecule has 4 nitrogen and oxygen atoms in total. The van der Waals surface area contributed by atoms with Gasteiger partial charge in [-0.05, 0) is 72.3 Å². The molecule has 0 aromatic heterocycles. The van der Waals surface area contributed by atoms with Gasteiger partial charge in [-0.15, -0.1) is 0 Å². The first kappa shape index (κ1) is 17.4. The molecule has 0 unspecified atom stereocenters. The van der Waals surface area contributed by atoms with E-state index < -0.39 is 5.60 Å². The molecule has 0 aromatic carbocycles. The van der Waals surface area contributed by atoms with E-state index in [4.69, 9.17) is 9.47 Å². The molecule has 0 radical (unpaired) electrons. The molecule has 1 fully saturated rings. The van der Waals surface area contributed by atoms with Crippen molar-refractivity contribution in [2.75, 3.05) is 0 Å². The Morgan fingerprint density at radius 2 is 1.96 bits per heavy atom. The number of epoxide rings is 1. The summed E-state index contributed by atoms with van der Waals surface area (Å²) in [5.41, 5.74) is 1.85. The molecule has 1 aliphatic carbocycles. The highest BCUT2D eigenvalue weighted by Crippen LogP contribution is 2.44. The number of allylic oxidation sites excluding steroid dienone is 3. The van der Waals surface area contributed by atoms with Crippen LogP contribution < -0.4 is 0 Å². The van der Waals surface area contributed by atoms with Gasteiger partial charge in [0.2, 0.25) is 0 Å². The van der Waals surface area contributed by atoms with Crippen LogP contribution in [0.4, 0.5) is 0 Å². The molecule has 3 atom stereocenters. The van der Waals surface area contributed by atoms with E-state index in [-0.39, 0.29) is 17.7 Å². The van der Waals surface area contributed by atoms with Crippen LogP contribution in [0.15, 0.2) is 34.6 Å². The summed E-state index contributed by atoms with van der Waals surface area (Å²) in [6.07, 6.45) is 9.28. The van der Waals surface area contributed by atoms with E-state index >= 15 is 0 Å². The Labute approximate surface area is 144 Å². The molecular formula is C20H28O4. The van der Waals surface area contributed by atoms with Crippen molar-refractivity contribution in [2.24, 2.45) is 0 Å². The van der Waals surface area contributed by atoms with Gasteiger partial charge in [0, 0.05) is 11.1 Å². The van der Waals surface area contributed by atoms with Gasteiger partial charge in [-0.25, -0.2) is 4.79 Å². The number of aliphatic hydroxyl groups is 1. The van der Waals surface area contributed by atoms with Crippen molar-refractivity contribution in [2.45, 2.75) is 83.5 Å². The average molecular weight is 332 g/mol. The largest absolute Gasteiger partial charge is 0.423 e. The van der Waals surface area contributed by atoms with E-state index in [1.54, 1.807) is 19.9 Å². The minimum atomic E-state index is -1.01. The van der Waals surface area contributed by atoms with Crippen molar-refractivity contribution >= 4 is 5.97 Å². The van der Waals surface area contributed by atoms with Crippen molar-refractivity contribution in [1.82, 2.24) is 0 Å². The van der Waals surface area contributed by atoms with Crippen molar-refractivity contribution in [3.05, 3.63) is 34.6 Å². The first-order valence-corrected chi connectivity index (χ1v) is 8.91. The number of carbonyl (C=O) groups excluding carboxylic acids is 1. The van der Waals surface area contributed by atoms with Crippen molar-refractivity contribution < 1.29 is 19.4 Å². The average Bonchev–Trinajstić information content (AvgIpc) is 3.06. The van der Waals surface area contributed by atoms with E-state index in [1.807, 2.05) is 0 Å². The van der Waals surface area contributed by atoms with Crippen LogP contribution >= 0.6 is 0 Å². The molecule has 3 rings (SSSR count). The van der Waals surface area contributed by atoms with Crippen LogP contribution in [0.1, 0.15) is 66.2 Å². The molecule has 0 aromatic rings. The number of esters is 1. The van der Waals surface area contributed by atoms with Gasteiger partial charge >= 0.3 is 5.97 Å². The third kappa shape index (κ3) is 3.65. The summed E-state index contributed by atoms with van der Waals surface area (Å²) in [7, 11) is 0. The van der Waals surface area contributed by atoms with E-state index in [2.05, 4.69) is 19.9 Å². The lowest BCUT2D eigenvalue weighted by Crippen LogP contribution is -2.23. The summed E-state index contributed by atoms with van der Waals surface area (Å²) < 4.78 is 11.3. The Hall–Kier alpha value is -1.39. The molecule has 1 N–H and O–H groups in total. The second-order valence-corrected chi connectivity index (χ2v) is 7.91. The predicted octanol–water partition coefficient (Wildman–Crippen LogP) is 3.95. The van der Waals surface area contributed by atoms with Crippen LogP contribution in [-0.2, 0) is 14.3 Å². The summed E-state index contributed by atoms with van der Waals surface area (Å²) in [6.45, 7) is 7.87. The fourth-order valence-corrected chi connectivity index (χ4v) is 3.66. The van der Waals surface area contributed by atoms with Gasteiger partial charge in [-0.2, -0.15) is 0 Å². The Bertz CT molecular complexity index is 638. The molecule has 132 valence electrons. The van der Waals surface area contributed by atoms with Gasteiger partial charge in [0.25, 0.3) is 0 Å². The summed E-state index contributed by atoms with van der Waals surface area (Å²) in [5, 5.41) is 10.7. The van der Waals surface area contributed by atoms with E-state index in [1.165, 1.54) is 5.57 Å². The molecule has 0 amide bonds. The number of ether oxygens (including phenoxy) is 2. The minimum Gasteiger partial charge on any atom is -0.423 e. The molecule has 1 saturated heterocycles. The summed E-state index contributed by atoms with van der Waals surface area (Å²) in [4.78, 5) is 11.9. The lowest BCUT2D eigenvalue weighted by Gasteiger charge is -2.20. The zero-order valence-electron chi connectivity index (χ0n) is 15.1. The highest BCUT2D eigenvalue weighted by molar-refractivity contribution is 5.93. The van der Waals surface area contributed by atoms with Crippen LogP contribution in [0.2, 0.25) is 0 Å². The molecule has 0 bridgehead atoms. The first-order chi connectivity index (χ1) is 11.2. The second kappa shape index (κ2) is 6.16. The maximum Gasteiger partial charge on any atom is 0.339 e. The number of rotatable bonds is 0. The molecule has 4 heteroatoms. The molecule has 0 spiro atoms. The number of hydrogen-bond acceptors (Lipinski definition) is 4. The zero-order chi connectivity index (χ0) is 17.5. The monoisotopic (exact) mass is 332 g/mol. The highest BCUT2D eigenvalue weighted by atomic mass is 16.6. The van der Waals surface area contributed by atoms with Crippen LogP contribution in [0.3, 0.4) is 0 Å². The van der Waals surface area contributed by atoms with Gasteiger partial charge in [0.05, 0.1) is 17.3 Å². The topological polar surface area (TPSA) is 59.1 Å².